The molecule has 0 bridgehead atoms. The molecule has 0 saturated heterocycles. The van der Waals surface area contributed by atoms with E-state index in [4.69, 9.17) is 4.99 Å². The fourth-order valence-electron chi connectivity index (χ4n) is 3.52. The first-order valence-electron chi connectivity index (χ1n) is 7.74. The highest BCUT2D eigenvalue weighted by Crippen LogP contribution is 2.55. The van der Waals surface area contributed by atoms with Crippen molar-refractivity contribution in [2.45, 2.75) is 0 Å². The van der Waals surface area contributed by atoms with Crippen molar-refractivity contribution in [1.29, 1.82) is 0 Å². The molecule has 3 aromatic rings. The lowest BCUT2D eigenvalue weighted by atomic mass is 10.0. The van der Waals surface area contributed by atoms with Gasteiger partial charge in [-0.05, 0) is 134 Å². The van der Waals surface area contributed by atoms with Gasteiger partial charge in [0.1, 0.15) is 5.84 Å². The van der Waals surface area contributed by atoms with Crippen molar-refractivity contribution in [2.24, 2.45) is 4.99 Å². The molecule has 2 aliphatic heterocycles. The number of amidine groups is 1. The summed E-state index contributed by atoms with van der Waals surface area (Å²) in [7, 11) is 0. The van der Waals surface area contributed by atoms with Gasteiger partial charge in [-0.15, -0.1) is 0 Å². The number of amides is 1. The zero-order valence-electron chi connectivity index (χ0n) is 13.5. The maximum absolute atomic E-state index is 13.6. The molecule has 0 aromatic heterocycles. The zero-order chi connectivity index (χ0) is 20.9. The number of nitrogens with zero attached hydrogens (tertiary/aromatic N) is 2. The Hall–Kier alpha value is 0.900. The number of fused-ring (bicyclic) bond motifs is 4. The van der Waals surface area contributed by atoms with Gasteiger partial charge in [0, 0.05) is 47.6 Å². The van der Waals surface area contributed by atoms with Crippen LogP contribution < -0.4 is 4.90 Å². The summed E-state index contributed by atoms with van der Waals surface area (Å²) in [5.74, 6) is 0.426. The van der Waals surface area contributed by atoms with Gasteiger partial charge in [0.2, 0.25) is 0 Å². The SMILES string of the molecule is O=C1c2c(Br)c(Br)c(Br)c(Br)c2C2=Nc3c(Br)c(Br)c(Br)c4ccc(Br)c(c34)N12. The third kappa shape index (κ3) is 2.83. The predicted molar refractivity (Wildman–Crippen MR) is 145 cm³/mol. The zero-order valence-corrected chi connectivity index (χ0v) is 26.2. The van der Waals surface area contributed by atoms with Gasteiger partial charge in [0.25, 0.3) is 5.91 Å². The molecule has 5 rings (SSSR count). The summed E-state index contributed by atoms with van der Waals surface area (Å²) in [6.07, 6.45) is 0. The minimum Gasteiger partial charge on any atom is -0.268 e. The second-order valence-electron chi connectivity index (χ2n) is 6.19. The van der Waals surface area contributed by atoms with Crippen LogP contribution in [-0.2, 0) is 0 Å². The van der Waals surface area contributed by atoms with E-state index in [1.54, 1.807) is 4.90 Å². The Bertz CT molecular complexity index is 1360. The van der Waals surface area contributed by atoms with E-state index in [1.165, 1.54) is 0 Å². The summed E-state index contributed by atoms with van der Waals surface area (Å²) >= 11 is 29.0. The van der Waals surface area contributed by atoms with Crippen molar-refractivity contribution in [2.75, 3.05) is 4.90 Å². The standard InChI is InChI=1S/C18H2Br8N2O/c19-4-2-1-3-5-15(14(26)11(23)8(3)20)27-17-6-7(18(29)28(17)16(4)5)10(22)13(25)12(24)9(6)21/h1-2H. The monoisotopic (exact) mass is 893 g/mol. The van der Waals surface area contributed by atoms with Crippen LogP contribution in [0.15, 0.2) is 52.9 Å². The first kappa shape index (κ1) is 21.7. The molecule has 3 nitrogen and oxygen atoms in total. The molecular formula is C18H2Br8N2O. The molecule has 0 atom stereocenters. The molecule has 0 unspecified atom stereocenters. The highest BCUT2D eigenvalue weighted by atomic mass is 79.9. The van der Waals surface area contributed by atoms with Crippen LogP contribution in [0.2, 0.25) is 0 Å². The number of hydrogen-bond acceptors (Lipinski definition) is 2. The lowest BCUT2D eigenvalue weighted by molar-refractivity contribution is 0.101. The summed E-state index contributed by atoms with van der Waals surface area (Å²) < 4.78 is 6.40. The maximum Gasteiger partial charge on any atom is 0.266 e. The van der Waals surface area contributed by atoms with Crippen LogP contribution in [0.5, 0.6) is 0 Å². The number of halogens is 8. The van der Waals surface area contributed by atoms with Crippen LogP contribution in [0.4, 0.5) is 11.4 Å². The van der Waals surface area contributed by atoms with Gasteiger partial charge in [-0.3, -0.25) is 9.69 Å². The van der Waals surface area contributed by atoms with Gasteiger partial charge >= 0.3 is 0 Å². The molecular weight excluding hydrogens is 899 g/mol. The van der Waals surface area contributed by atoms with E-state index >= 15 is 0 Å². The molecule has 2 heterocycles. The summed E-state index contributed by atoms with van der Waals surface area (Å²) in [6.45, 7) is 0. The maximum atomic E-state index is 13.6. The first-order valence-corrected chi connectivity index (χ1v) is 14.1. The van der Waals surface area contributed by atoms with Crippen LogP contribution in [-0.4, -0.2) is 11.7 Å². The number of anilines is 1. The normalized spacial score (nSPS) is 14.4. The van der Waals surface area contributed by atoms with E-state index in [1.807, 2.05) is 12.1 Å². The third-order valence-corrected chi connectivity index (χ3v) is 13.6. The minimum atomic E-state index is -0.145. The highest BCUT2D eigenvalue weighted by molar-refractivity contribution is 9.15. The van der Waals surface area contributed by atoms with E-state index < -0.39 is 0 Å². The molecule has 0 fully saturated rings. The Kier molecular flexibility index (Phi) is 5.59. The van der Waals surface area contributed by atoms with Crippen molar-refractivity contribution in [3.63, 3.8) is 0 Å². The van der Waals surface area contributed by atoms with E-state index in [0.717, 1.165) is 59.0 Å². The van der Waals surface area contributed by atoms with E-state index in [0.29, 0.717) is 15.9 Å². The Labute approximate surface area is 232 Å². The van der Waals surface area contributed by atoms with Crippen molar-refractivity contribution < 1.29 is 4.79 Å². The molecule has 146 valence electrons. The fourth-order valence-corrected chi connectivity index (χ4v) is 8.18. The molecule has 29 heavy (non-hydrogen) atoms. The fraction of sp³-hybridized carbons (Fsp3) is 0. The number of carbonyl (C=O) groups is 1. The molecule has 3 aromatic carbocycles. The molecule has 0 saturated carbocycles. The summed E-state index contributed by atoms with van der Waals surface area (Å²) in [4.78, 5) is 20.2. The number of hydrogen-bond donors (Lipinski definition) is 0. The summed E-state index contributed by atoms with van der Waals surface area (Å²) in [5.41, 5.74) is 2.82. The highest BCUT2D eigenvalue weighted by Gasteiger charge is 2.44. The molecule has 0 aliphatic carbocycles. The molecule has 11 heteroatoms. The number of rotatable bonds is 0. The van der Waals surface area contributed by atoms with E-state index in [2.05, 4.69) is 127 Å². The second kappa shape index (κ2) is 7.46. The predicted octanol–water partition coefficient (Wildman–Crippen LogP) is 9.99. The third-order valence-electron chi connectivity index (χ3n) is 4.76. The topological polar surface area (TPSA) is 32.7 Å². The van der Waals surface area contributed by atoms with Crippen LogP contribution >= 0.6 is 127 Å². The van der Waals surface area contributed by atoms with Gasteiger partial charge in [-0.2, -0.15) is 0 Å². The van der Waals surface area contributed by atoms with Crippen LogP contribution in [0, 0.1) is 0 Å². The minimum absolute atomic E-state index is 0.145. The Morgan fingerprint density at radius 2 is 1.28 bits per heavy atom. The average Bonchev–Trinajstić information content (AvgIpc) is 3.00. The number of carbonyl (C=O) groups excluding carboxylic acids is 1. The number of aliphatic imine (C=N–C) groups is 1. The lowest BCUT2D eigenvalue weighted by Gasteiger charge is -2.27. The Balaban J connectivity index is 2.00. The number of benzene rings is 3. The molecule has 2 aliphatic rings. The average molecular weight is 901 g/mol. The second-order valence-corrected chi connectivity index (χ2v) is 12.6. The molecule has 0 radical (unpaired) electrons. The van der Waals surface area contributed by atoms with Crippen molar-refractivity contribution in [3.05, 3.63) is 59.0 Å². The van der Waals surface area contributed by atoms with Gasteiger partial charge in [0.05, 0.1) is 21.4 Å². The van der Waals surface area contributed by atoms with Gasteiger partial charge < -0.3 is 0 Å². The van der Waals surface area contributed by atoms with Crippen LogP contribution in [0.1, 0.15) is 15.9 Å². The summed E-state index contributed by atoms with van der Waals surface area (Å²) in [6, 6.07) is 3.95. The van der Waals surface area contributed by atoms with Gasteiger partial charge in [-0.1, -0.05) is 6.07 Å². The van der Waals surface area contributed by atoms with Gasteiger partial charge in [0.15, 0.2) is 0 Å². The Morgan fingerprint density at radius 3 is 1.93 bits per heavy atom. The van der Waals surface area contributed by atoms with Crippen LogP contribution in [0.25, 0.3) is 10.8 Å². The first-order chi connectivity index (χ1) is 13.7. The molecule has 0 spiro atoms. The lowest BCUT2D eigenvalue weighted by Crippen LogP contribution is -2.32. The molecule has 1 amide bonds. The molecule has 0 N–H and O–H groups in total. The van der Waals surface area contributed by atoms with E-state index in [-0.39, 0.29) is 5.91 Å². The van der Waals surface area contributed by atoms with Crippen molar-refractivity contribution >= 4 is 161 Å². The largest absolute Gasteiger partial charge is 0.268 e. The van der Waals surface area contributed by atoms with Crippen LogP contribution in [0.3, 0.4) is 0 Å². The van der Waals surface area contributed by atoms with E-state index in [9.17, 15) is 4.79 Å². The Morgan fingerprint density at radius 1 is 0.690 bits per heavy atom. The quantitative estimate of drug-likeness (QED) is 0.164. The van der Waals surface area contributed by atoms with Gasteiger partial charge in [-0.25, -0.2) is 4.99 Å². The van der Waals surface area contributed by atoms with Crippen molar-refractivity contribution in [3.8, 4) is 0 Å². The smallest absolute Gasteiger partial charge is 0.266 e. The summed E-state index contributed by atoms with van der Waals surface area (Å²) in [5, 5.41) is 1.84. The van der Waals surface area contributed by atoms with Crippen molar-refractivity contribution in [1.82, 2.24) is 0 Å².